The molecule has 0 aromatic heterocycles. The van der Waals surface area contributed by atoms with Crippen LogP contribution in [0.1, 0.15) is 18.1 Å². The molecule has 2 aromatic rings. The van der Waals surface area contributed by atoms with Crippen molar-refractivity contribution >= 4 is 17.7 Å². The van der Waals surface area contributed by atoms with E-state index < -0.39 is 5.41 Å². The van der Waals surface area contributed by atoms with Gasteiger partial charge in [-0.3, -0.25) is 4.79 Å². The van der Waals surface area contributed by atoms with Crippen molar-refractivity contribution in [3.8, 4) is 0 Å². The van der Waals surface area contributed by atoms with Crippen LogP contribution < -0.4 is 5.73 Å². The molecular formula is C18H20FNOS. The van der Waals surface area contributed by atoms with Gasteiger partial charge in [-0.25, -0.2) is 4.39 Å². The Labute approximate surface area is 134 Å². The number of benzene rings is 2. The van der Waals surface area contributed by atoms with Gasteiger partial charge in [0, 0.05) is 10.6 Å². The summed E-state index contributed by atoms with van der Waals surface area (Å²) in [5.41, 5.74) is 7.05. The molecule has 2 N–H and O–H groups in total. The van der Waals surface area contributed by atoms with E-state index >= 15 is 0 Å². The molecule has 1 atom stereocenters. The number of rotatable bonds is 6. The Kier molecular flexibility index (Phi) is 5.24. The molecule has 0 fully saturated rings. The number of primary amides is 1. The van der Waals surface area contributed by atoms with Gasteiger partial charge in [0.05, 0.1) is 5.41 Å². The molecule has 0 aliphatic carbocycles. The van der Waals surface area contributed by atoms with E-state index in [9.17, 15) is 9.18 Å². The normalized spacial score (nSPS) is 13.6. The van der Waals surface area contributed by atoms with Crippen LogP contribution in [0.5, 0.6) is 0 Å². The highest BCUT2D eigenvalue weighted by molar-refractivity contribution is 7.99. The molecule has 0 heterocycles. The van der Waals surface area contributed by atoms with Crippen LogP contribution >= 0.6 is 11.8 Å². The largest absolute Gasteiger partial charge is 0.369 e. The third-order valence-corrected chi connectivity index (χ3v) is 5.07. The predicted molar refractivity (Wildman–Crippen MR) is 89.3 cm³/mol. The minimum atomic E-state index is -0.673. The van der Waals surface area contributed by atoms with Gasteiger partial charge in [-0.05, 0) is 50.1 Å². The maximum absolute atomic E-state index is 13.0. The highest BCUT2D eigenvalue weighted by Gasteiger charge is 2.31. The fraction of sp³-hybridized carbons (Fsp3) is 0.278. The molecule has 1 unspecified atom stereocenters. The van der Waals surface area contributed by atoms with Gasteiger partial charge in [0.15, 0.2) is 0 Å². The Balaban J connectivity index is 2.08. The number of carbonyl (C=O) groups excluding carboxylic acids is 1. The smallest absolute Gasteiger partial charge is 0.224 e. The van der Waals surface area contributed by atoms with E-state index in [2.05, 4.69) is 0 Å². The minimum absolute atomic E-state index is 0.279. The monoisotopic (exact) mass is 317 g/mol. The summed E-state index contributed by atoms with van der Waals surface area (Å²) in [5.74, 6) is -0.0297. The van der Waals surface area contributed by atoms with E-state index in [1.165, 1.54) is 17.7 Å². The molecule has 116 valence electrons. The third kappa shape index (κ3) is 4.34. The third-order valence-electron chi connectivity index (χ3n) is 3.68. The average molecular weight is 317 g/mol. The topological polar surface area (TPSA) is 43.1 Å². The van der Waals surface area contributed by atoms with Crippen LogP contribution in [0.15, 0.2) is 53.4 Å². The Hall–Kier alpha value is -1.81. The van der Waals surface area contributed by atoms with Crippen molar-refractivity contribution in [2.24, 2.45) is 11.1 Å². The molecule has 2 aromatic carbocycles. The summed E-state index contributed by atoms with van der Waals surface area (Å²) in [6.07, 6.45) is 0.501. The van der Waals surface area contributed by atoms with Crippen molar-refractivity contribution in [3.63, 3.8) is 0 Å². The van der Waals surface area contributed by atoms with Crippen molar-refractivity contribution in [1.82, 2.24) is 0 Å². The fourth-order valence-corrected chi connectivity index (χ4v) is 3.20. The first-order valence-corrected chi connectivity index (χ1v) is 8.11. The van der Waals surface area contributed by atoms with Crippen molar-refractivity contribution in [2.45, 2.75) is 25.2 Å². The summed E-state index contributed by atoms with van der Waals surface area (Å²) < 4.78 is 13.0. The summed E-state index contributed by atoms with van der Waals surface area (Å²) in [6, 6.07) is 14.4. The molecule has 2 rings (SSSR count). The van der Waals surface area contributed by atoms with E-state index in [1.54, 1.807) is 23.9 Å². The van der Waals surface area contributed by atoms with Crippen LogP contribution in [0, 0.1) is 18.2 Å². The first-order chi connectivity index (χ1) is 10.4. The zero-order valence-electron chi connectivity index (χ0n) is 12.8. The number of halogens is 1. The van der Waals surface area contributed by atoms with Gasteiger partial charge in [0.1, 0.15) is 5.82 Å². The molecule has 0 aliphatic rings. The van der Waals surface area contributed by atoms with Crippen LogP contribution in [-0.4, -0.2) is 11.7 Å². The lowest BCUT2D eigenvalue weighted by molar-refractivity contribution is -0.125. The van der Waals surface area contributed by atoms with Gasteiger partial charge >= 0.3 is 0 Å². The molecule has 0 radical (unpaired) electrons. The Morgan fingerprint density at radius 1 is 1.14 bits per heavy atom. The predicted octanol–water partition coefficient (Wildman–Crippen LogP) is 3.96. The highest BCUT2D eigenvalue weighted by Crippen LogP contribution is 2.31. The first kappa shape index (κ1) is 16.6. The molecule has 0 bridgehead atoms. The average Bonchev–Trinajstić information content (AvgIpc) is 2.49. The molecule has 0 saturated heterocycles. The molecule has 2 nitrogen and oxygen atoms in total. The fourth-order valence-electron chi connectivity index (χ4n) is 2.14. The molecule has 0 saturated carbocycles. The molecule has 0 spiro atoms. The van der Waals surface area contributed by atoms with E-state index in [-0.39, 0.29) is 11.7 Å². The zero-order chi connectivity index (χ0) is 16.2. The Morgan fingerprint density at radius 3 is 2.27 bits per heavy atom. The van der Waals surface area contributed by atoms with E-state index in [0.717, 1.165) is 10.5 Å². The quantitative estimate of drug-likeness (QED) is 0.820. The number of hydrogen-bond donors (Lipinski definition) is 1. The summed E-state index contributed by atoms with van der Waals surface area (Å²) >= 11 is 1.61. The van der Waals surface area contributed by atoms with Crippen molar-refractivity contribution in [3.05, 3.63) is 65.5 Å². The number of thioether (sulfide) groups is 1. The summed E-state index contributed by atoms with van der Waals surface area (Å²) in [5, 5.41) is 0. The van der Waals surface area contributed by atoms with Gasteiger partial charge < -0.3 is 5.73 Å². The SMILES string of the molecule is Cc1ccc(SCC(C)(Cc2ccc(F)cc2)C(N)=O)cc1. The maximum atomic E-state index is 13.0. The van der Waals surface area contributed by atoms with Crippen molar-refractivity contribution < 1.29 is 9.18 Å². The lowest BCUT2D eigenvalue weighted by Gasteiger charge is -2.25. The summed E-state index contributed by atoms with van der Waals surface area (Å²) in [7, 11) is 0. The van der Waals surface area contributed by atoms with E-state index in [1.807, 2.05) is 38.1 Å². The maximum Gasteiger partial charge on any atom is 0.224 e. The summed E-state index contributed by atoms with van der Waals surface area (Å²) in [6.45, 7) is 3.90. The van der Waals surface area contributed by atoms with E-state index in [4.69, 9.17) is 5.73 Å². The lowest BCUT2D eigenvalue weighted by Crippen LogP contribution is -2.38. The Bertz CT molecular complexity index is 639. The van der Waals surface area contributed by atoms with Crippen LogP contribution in [0.2, 0.25) is 0 Å². The molecular weight excluding hydrogens is 297 g/mol. The van der Waals surface area contributed by atoms with Crippen LogP contribution in [-0.2, 0) is 11.2 Å². The second-order valence-electron chi connectivity index (χ2n) is 5.83. The molecule has 1 amide bonds. The van der Waals surface area contributed by atoms with Gasteiger partial charge in [-0.15, -0.1) is 11.8 Å². The molecule has 22 heavy (non-hydrogen) atoms. The number of hydrogen-bond acceptors (Lipinski definition) is 2. The summed E-state index contributed by atoms with van der Waals surface area (Å²) in [4.78, 5) is 13.0. The minimum Gasteiger partial charge on any atom is -0.369 e. The second kappa shape index (κ2) is 6.97. The van der Waals surface area contributed by atoms with Gasteiger partial charge in [-0.2, -0.15) is 0 Å². The number of aryl methyl sites for hydroxylation is 1. The van der Waals surface area contributed by atoms with Gasteiger partial charge in [0.2, 0.25) is 5.91 Å². The molecule has 0 aliphatic heterocycles. The highest BCUT2D eigenvalue weighted by atomic mass is 32.2. The van der Waals surface area contributed by atoms with Crippen molar-refractivity contribution in [2.75, 3.05) is 5.75 Å². The number of nitrogens with two attached hydrogens (primary N) is 1. The first-order valence-electron chi connectivity index (χ1n) is 7.13. The van der Waals surface area contributed by atoms with Crippen LogP contribution in [0.4, 0.5) is 4.39 Å². The standard InChI is InChI=1S/C18H20FNOS/c1-13-3-9-16(10-4-13)22-12-18(2,17(20)21)11-14-5-7-15(19)8-6-14/h3-10H,11-12H2,1-2H3,(H2,20,21). The van der Waals surface area contributed by atoms with Crippen LogP contribution in [0.3, 0.4) is 0 Å². The molecule has 4 heteroatoms. The number of carbonyl (C=O) groups is 1. The van der Waals surface area contributed by atoms with E-state index in [0.29, 0.717) is 12.2 Å². The number of amides is 1. The van der Waals surface area contributed by atoms with Gasteiger partial charge in [-0.1, -0.05) is 29.8 Å². The second-order valence-corrected chi connectivity index (χ2v) is 6.88. The zero-order valence-corrected chi connectivity index (χ0v) is 13.6. The van der Waals surface area contributed by atoms with Crippen molar-refractivity contribution in [1.29, 1.82) is 0 Å². The van der Waals surface area contributed by atoms with Crippen LogP contribution in [0.25, 0.3) is 0 Å². The lowest BCUT2D eigenvalue weighted by atomic mass is 9.85. The van der Waals surface area contributed by atoms with Gasteiger partial charge in [0.25, 0.3) is 0 Å². The Morgan fingerprint density at radius 2 is 1.73 bits per heavy atom.